The minimum Gasteiger partial charge on any atom is -0.326 e. The molecule has 3 nitrogen and oxygen atoms in total. The zero-order valence-electron chi connectivity index (χ0n) is 12.7. The van der Waals surface area contributed by atoms with E-state index in [1.54, 1.807) is 12.7 Å². The van der Waals surface area contributed by atoms with Crippen molar-refractivity contribution >= 4 is 55.9 Å². The molecule has 0 atom stereocenters. The number of aryl methyl sites for hydroxylation is 2. The summed E-state index contributed by atoms with van der Waals surface area (Å²) in [6.45, 7) is 4.10. The Morgan fingerprint density at radius 1 is 0.818 bits per heavy atom. The van der Waals surface area contributed by atoms with Crippen LogP contribution in [0.1, 0.15) is 11.1 Å². The van der Waals surface area contributed by atoms with Crippen LogP contribution in [0, 0.1) is 13.8 Å². The molecule has 0 aromatic heterocycles. The van der Waals surface area contributed by atoms with Gasteiger partial charge in [0, 0.05) is 16.0 Å². The average Bonchev–Trinajstić information content (AvgIpc) is 2.45. The van der Waals surface area contributed by atoms with Gasteiger partial charge >= 0.3 is 0 Å². The number of rotatable bonds is 4. The lowest BCUT2D eigenvalue weighted by atomic mass is 10.2. The summed E-state index contributed by atoms with van der Waals surface area (Å²) < 4.78 is 1.96. The second kappa shape index (κ2) is 7.70. The van der Waals surface area contributed by atoms with Crippen LogP contribution in [0.3, 0.4) is 0 Å². The smallest absolute Gasteiger partial charge is 0.0961 e. The second-order valence-corrected chi connectivity index (χ2v) is 6.77. The molecule has 0 spiro atoms. The van der Waals surface area contributed by atoms with Gasteiger partial charge in [0.15, 0.2) is 0 Å². The molecule has 0 saturated heterocycles. The molecule has 0 aliphatic carbocycles. The van der Waals surface area contributed by atoms with E-state index in [4.69, 9.17) is 0 Å². The van der Waals surface area contributed by atoms with Crippen LogP contribution in [-0.4, -0.2) is 24.6 Å². The molecule has 2 aromatic carbocycles. The Labute approximate surface area is 148 Å². The molecule has 0 bridgehead atoms. The summed E-state index contributed by atoms with van der Waals surface area (Å²) in [5.41, 5.74) is 4.18. The van der Waals surface area contributed by atoms with Crippen LogP contribution in [0.15, 0.2) is 55.3 Å². The zero-order chi connectivity index (χ0) is 16.1. The van der Waals surface area contributed by atoms with Gasteiger partial charge in [-0.25, -0.2) is 9.98 Å². The Bertz CT molecular complexity index is 662. The van der Waals surface area contributed by atoms with Crippen LogP contribution in [-0.2, 0) is 0 Å². The van der Waals surface area contributed by atoms with Gasteiger partial charge in [0.1, 0.15) is 0 Å². The molecule has 0 radical (unpaired) electrons. The maximum Gasteiger partial charge on any atom is 0.0961 e. The van der Waals surface area contributed by atoms with Crippen molar-refractivity contribution in [1.29, 1.82) is 0 Å². The quantitative estimate of drug-likeness (QED) is 0.453. The van der Waals surface area contributed by atoms with E-state index in [0.717, 1.165) is 20.3 Å². The molecule has 2 rings (SSSR count). The van der Waals surface area contributed by atoms with Crippen LogP contribution >= 0.6 is 31.9 Å². The minimum absolute atomic E-state index is 0.891. The van der Waals surface area contributed by atoms with E-state index in [9.17, 15) is 0 Å². The highest BCUT2D eigenvalue weighted by Crippen LogP contribution is 2.26. The molecule has 0 amide bonds. The maximum atomic E-state index is 4.45. The topological polar surface area (TPSA) is 28.0 Å². The number of halogens is 2. The first-order chi connectivity index (χ1) is 10.5. The Kier molecular flexibility index (Phi) is 5.91. The van der Waals surface area contributed by atoms with Crippen molar-refractivity contribution in [1.82, 2.24) is 4.90 Å². The Hall–Kier alpha value is -1.46. The third-order valence-corrected chi connectivity index (χ3v) is 4.23. The van der Waals surface area contributed by atoms with Crippen molar-refractivity contribution in [3.05, 3.63) is 56.5 Å². The summed E-state index contributed by atoms with van der Waals surface area (Å²) >= 11 is 7.03. The zero-order valence-corrected chi connectivity index (χ0v) is 15.9. The third-order valence-electron chi connectivity index (χ3n) is 2.96. The number of hydrogen-bond donors (Lipinski definition) is 0. The fourth-order valence-corrected chi connectivity index (χ4v) is 2.96. The Balaban J connectivity index is 2.07. The van der Waals surface area contributed by atoms with Crippen LogP contribution in [0.2, 0.25) is 0 Å². The Morgan fingerprint density at radius 2 is 1.23 bits per heavy atom. The van der Waals surface area contributed by atoms with Crippen LogP contribution in [0.5, 0.6) is 0 Å². The molecule has 114 valence electrons. The van der Waals surface area contributed by atoms with E-state index in [2.05, 4.69) is 55.7 Å². The van der Waals surface area contributed by atoms with Gasteiger partial charge in [0.2, 0.25) is 0 Å². The lowest BCUT2D eigenvalue weighted by Crippen LogP contribution is -2.12. The molecule has 0 aliphatic rings. The molecule has 0 heterocycles. The van der Waals surface area contributed by atoms with E-state index in [1.807, 2.05) is 48.3 Å². The van der Waals surface area contributed by atoms with E-state index in [1.165, 1.54) is 11.1 Å². The molecule has 0 fully saturated rings. The van der Waals surface area contributed by atoms with Crippen molar-refractivity contribution in [2.24, 2.45) is 9.98 Å². The summed E-state index contributed by atoms with van der Waals surface area (Å²) in [5.74, 6) is 0. The van der Waals surface area contributed by atoms with Crippen LogP contribution in [0.4, 0.5) is 11.4 Å². The van der Waals surface area contributed by atoms with E-state index < -0.39 is 0 Å². The monoisotopic (exact) mass is 421 g/mol. The van der Waals surface area contributed by atoms with E-state index in [-0.39, 0.29) is 0 Å². The summed E-state index contributed by atoms with van der Waals surface area (Å²) in [4.78, 5) is 10.7. The molecule has 2 aromatic rings. The van der Waals surface area contributed by atoms with Gasteiger partial charge in [-0.1, -0.05) is 12.1 Å². The van der Waals surface area contributed by atoms with Gasteiger partial charge < -0.3 is 4.90 Å². The Morgan fingerprint density at radius 3 is 1.59 bits per heavy atom. The van der Waals surface area contributed by atoms with Gasteiger partial charge in [-0.2, -0.15) is 0 Å². The van der Waals surface area contributed by atoms with Gasteiger partial charge in [-0.05, 0) is 81.1 Å². The summed E-state index contributed by atoms with van der Waals surface area (Å²) in [7, 11) is 1.90. The molecular weight excluding hydrogens is 406 g/mol. The summed E-state index contributed by atoms with van der Waals surface area (Å²) in [5, 5.41) is 0. The van der Waals surface area contributed by atoms with Crippen molar-refractivity contribution in [2.45, 2.75) is 13.8 Å². The third kappa shape index (κ3) is 4.78. The van der Waals surface area contributed by atoms with Gasteiger partial charge in [-0.15, -0.1) is 0 Å². The minimum atomic E-state index is 0.891. The first-order valence-electron chi connectivity index (χ1n) is 6.78. The molecule has 0 aliphatic heterocycles. The molecule has 22 heavy (non-hydrogen) atoms. The SMILES string of the molecule is Cc1ccc(N=CN(C)C=Nc2ccc(C)cc2Br)c(Br)c1. The van der Waals surface area contributed by atoms with Gasteiger partial charge in [0.05, 0.1) is 24.1 Å². The molecule has 0 N–H and O–H groups in total. The van der Waals surface area contributed by atoms with Gasteiger partial charge in [-0.3, -0.25) is 0 Å². The van der Waals surface area contributed by atoms with Crippen LogP contribution < -0.4 is 0 Å². The van der Waals surface area contributed by atoms with Crippen molar-refractivity contribution in [2.75, 3.05) is 7.05 Å². The highest BCUT2D eigenvalue weighted by Gasteiger charge is 1.99. The second-order valence-electron chi connectivity index (χ2n) is 5.06. The predicted molar refractivity (Wildman–Crippen MR) is 102 cm³/mol. The van der Waals surface area contributed by atoms with Crippen molar-refractivity contribution in [3.63, 3.8) is 0 Å². The summed E-state index contributed by atoms with van der Waals surface area (Å²) in [6, 6.07) is 12.1. The molecular formula is C17H17Br2N3. The first-order valence-corrected chi connectivity index (χ1v) is 8.37. The van der Waals surface area contributed by atoms with Crippen molar-refractivity contribution in [3.8, 4) is 0 Å². The van der Waals surface area contributed by atoms with E-state index >= 15 is 0 Å². The summed E-state index contributed by atoms with van der Waals surface area (Å²) in [6.07, 6.45) is 3.47. The van der Waals surface area contributed by atoms with E-state index in [0.29, 0.717) is 0 Å². The highest BCUT2D eigenvalue weighted by molar-refractivity contribution is 9.11. The standard InChI is InChI=1S/C17H17Br2N3/c1-12-4-6-16(14(18)8-12)20-10-22(3)11-21-17-7-5-13(2)9-15(17)19/h4-11H,1-3H3. The fourth-order valence-electron chi connectivity index (χ4n) is 1.77. The number of benzene rings is 2. The number of hydrogen-bond acceptors (Lipinski definition) is 2. The van der Waals surface area contributed by atoms with Crippen molar-refractivity contribution < 1.29 is 0 Å². The normalized spacial score (nSPS) is 11.5. The molecule has 0 unspecified atom stereocenters. The molecule has 5 heteroatoms. The molecule has 0 saturated carbocycles. The van der Waals surface area contributed by atoms with Gasteiger partial charge in [0.25, 0.3) is 0 Å². The average molecular weight is 423 g/mol. The highest BCUT2D eigenvalue weighted by atomic mass is 79.9. The largest absolute Gasteiger partial charge is 0.326 e. The predicted octanol–water partition coefficient (Wildman–Crippen LogP) is 5.78. The van der Waals surface area contributed by atoms with Crippen LogP contribution in [0.25, 0.3) is 0 Å². The fraction of sp³-hybridized carbons (Fsp3) is 0.176. The lowest BCUT2D eigenvalue weighted by molar-refractivity contribution is 0.802. The first kappa shape index (κ1) is 16.9. The number of nitrogens with zero attached hydrogens (tertiary/aromatic N) is 3. The maximum absolute atomic E-state index is 4.45. The lowest BCUT2D eigenvalue weighted by Gasteiger charge is -2.07. The number of aliphatic imine (C=N–C) groups is 2.